The van der Waals surface area contributed by atoms with Gasteiger partial charge in [0.1, 0.15) is 12.4 Å². The molecule has 1 aliphatic heterocycles. The molecule has 0 spiro atoms. The SMILES string of the molecule is Cc1ccc(C([O-])=C2C(=O)C(=O)N(CCC[n+]3cc[nH]c3)C2c2cccc(Br)c2)cc1. The normalized spacial score (nSPS) is 18.0. The van der Waals surface area contributed by atoms with E-state index in [2.05, 4.69) is 20.9 Å². The Bertz CT molecular complexity index is 1140. The van der Waals surface area contributed by atoms with Gasteiger partial charge in [0.25, 0.3) is 5.91 Å². The van der Waals surface area contributed by atoms with Gasteiger partial charge in [-0.25, -0.2) is 4.57 Å². The van der Waals surface area contributed by atoms with E-state index < -0.39 is 23.5 Å². The van der Waals surface area contributed by atoms with Gasteiger partial charge in [0.15, 0.2) is 0 Å². The van der Waals surface area contributed by atoms with Crippen LogP contribution >= 0.6 is 15.9 Å². The van der Waals surface area contributed by atoms with Crippen LogP contribution in [0.2, 0.25) is 0 Å². The van der Waals surface area contributed by atoms with E-state index in [4.69, 9.17) is 0 Å². The fourth-order valence-electron chi connectivity index (χ4n) is 3.87. The minimum atomic E-state index is -0.718. The van der Waals surface area contributed by atoms with Crippen molar-refractivity contribution in [2.75, 3.05) is 6.54 Å². The summed E-state index contributed by atoms with van der Waals surface area (Å²) in [5.41, 5.74) is 2.17. The van der Waals surface area contributed by atoms with Crippen LogP contribution in [-0.2, 0) is 16.1 Å². The topological polar surface area (TPSA) is 80.1 Å². The number of aromatic nitrogens is 2. The summed E-state index contributed by atoms with van der Waals surface area (Å²) >= 11 is 3.46. The van der Waals surface area contributed by atoms with Gasteiger partial charge in [0.05, 0.1) is 12.6 Å². The third-order valence-corrected chi connectivity index (χ3v) is 5.92. The molecular weight excluding hydrogens is 458 g/mol. The Hall–Kier alpha value is -3.19. The summed E-state index contributed by atoms with van der Waals surface area (Å²) in [4.78, 5) is 30.4. The molecule has 158 valence electrons. The molecular formula is C24H22BrN3O3. The number of aryl methyl sites for hydroxylation is 2. The molecule has 0 radical (unpaired) electrons. The standard InChI is InChI=1S/C24H22BrN3O3/c1-16-6-8-17(9-7-16)22(29)20-21(18-4-2-5-19(25)14-18)28(24(31)23(20)30)12-3-11-27-13-10-26-15-27/h2,4-10,13-15,21H,3,11-12H2,1H3,(H,29,30). The highest BCUT2D eigenvalue weighted by Crippen LogP contribution is 2.39. The maximum Gasteiger partial charge on any atom is 0.295 e. The number of carbonyl (C=O) groups is 2. The second-order valence-corrected chi connectivity index (χ2v) is 8.51. The number of imidazole rings is 1. The van der Waals surface area contributed by atoms with E-state index in [0.29, 0.717) is 25.1 Å². The lowest BCUT2D eigenvalue weighted by molar-refractivity contribution is -0.695. The fraction of sp³-hybridized carbons (Fsp3) is 0.208. The molecule has 7 heteroatoms. The quantitative estimate of drug-likeness (QED) is 0.255. The Morgan fingerprint density at radius 1 is 1.19 bits per heavy atom. The lowest BCUT2D eigenvalue weighted by Gasteiger charge is -2.27. The zero-order valence-corrected chi connectivity index (χ0v) is 18.6. The number of amides is 1. The zero-order chi connectivity index (χ0) is 22.0. The van der Waals surface area contributed by atoms with Crippen molar-refractivity contribution in [1.29, 1.82) is 0 Å². The number of likely N-dealkylation sites (tertiary alicyclic amines) is 1. The molecule has 1 amide bonds. The maximum absolute atomic E-state index is 13.3. The van der Waals surface area contributed by atoms with Gasteiger partial charge in [-0.2, -0.15) is 0 Å². The third kappa shape index (κ3) is 4.32. The van der Waals surface area contributed by atoms with Crippen LogP contribution in [0, 0.1) is 6.92 Å². The average molecular weight is 480 g/mol. The molecule has 1 saturated heterocycles. The third-order valence-electron chi connectivity index (χ3n) is 5.43. The molecule has 3 aromatic rings. The van der Waals surface area contributed by atoms with Gasteiger partial charge in [-0.3, -0.25) is 14.6 Å². The van der Waals surface area contributed by atoms with E-state index >= 15 is 0 Å². The van der Waals surface area contributed by atoms with Crippen LogP contribution in [0.5, 0.6) is 0 Å². The van der Waals surface area contributed by atoms with E-state index in [1.54, 1.807) is 12.1 Å². The predicted molar refractivity (Wildman–Crippen MR) is 117 cm³/mol. The molecule has 31 heavy (non-hydrogen) atoms. The Kier molecular flexibility index (Phi) is 6.04. The van der Waals surface area contributed by atoms with Crippen molar-refractivity contribution in [2.45, 2.75) is 25.9 Å². The molecule has 2 aromatic carbocycles. The highest BCUT2D eigenvalue weighted by Gasteiger charge is 2.43. The molecule has 4 rings (SSSR count). The number of H-pyrrole nitrogens is 1. The summed E-state index contributed by atoms with van der Waals surface area (Å²) < 4.78 is 2.79. The van der Waals surface area contributed by atoms with E-state index in [-0.39, 0.29) is 5.57 Å². The molecule has 6 nitrogen and oxygen atoms in total. The highest BCUT2D eigenvalue weighted by molar-refractivity contribution is 9.10. The number of ketones is 1. The summed E-state index contributed by atoms with van der Waals surface area (Å²) in [5.74, 6) is -1.74. The van der Waals surface area contributed by atoms with Crippen molar-refractivity contribution in [2.24, 2.45) is 0 Å². The number of benzene rings is 2. The van der Waals surface area contributed by atoms with Crippen molar-refractivity contribution in [3.63, 3.8) is 0 Å². The summed E-state index contributed by atoms with van der Waals surface area (Å²) in [6.45, 7) is 2.98. The Morgan fingerprint density at radius 2 is 1.97 bits per heavy atom. The predicted octanol–water partition coefficient (Wildman–Crippen LogP) is 2.69. The van der Waals surface area contributed by atoms with Crippen LogP contribution in [-0.4, -0.2) is 28.1 Å². The molecule has 0 bridgehead atoms. The van der Waals surface area contributed by atoms with Crippen LogP contribution in [0.4, 0.5) is 0 Å². The van der Waals surface area contributed by atoms with Gasteiger partial charge in [-0.15, -0.1) is 0 Å². The Labute approximate surface area is 189 Å². The van der Waals surface area contributed by atoms with Crippen LogP contribution in [0.25, 0.3) is 5.76 Å². The average Bonchev–Trinajstić information content (AvgIpc) is 3.36. The van der Waals surface area contributed by atoms with Crippen molar-refractivity contribution in [3.8, 4) is 0 Å². The van der Waals surface area contributed by atoms with Gasteiger partial charge in [0, 0.05) is 23.0 Å². The minimum Gasteiger partial charge on any atom is -0.872 e. The largest absolute Gasteiger partial charge is 0.872 e. The Morgan fingerprint density at radius 3 is 2.65 bits per heavy atom. The minimum absolute atomic E-state index is 0.0150. The van der Waals surface area contributed by atoms with E-state index in [9.17, 15) is 14.7 Å². The smallest absolute Gasteiger partial charge is 0.295 e. The molecule has 1 aliphatic rings. The zero-order valence-electron chi connectivity index (χ0n) is 17.0. The van der Waals surface area contributed by atoms with Crippen molar-refractivity contribution < 1.29 is 19.3 Å². The highest BCUT2D eigenvalue weighted by atomic mass is 79.9. The summed E-state index contributed by atoms with van der Waals surface area (Å²) in [5, 5.41) is 13.3. The van der Waals surface area contributed by atoms with Crippen molar-refractivity contribution in [3.05, 3.63) is 94.0 Å². The monoisotopic (exact) mass is 479 g/mol. The molecule has 1 atom stereocenters. The number of aromatic amines is 1. The molecule has 1 unspecified atom stereocenters. The number of hydrogen-bond acceptors (Lipinski definition) is 3. The number of Topliss-reactive ketones (excluding diaryl/α,β-unsaturated/α-hetero) is 1. The summed E-state index contributed by atoms with van der Waals surface area (Å²) in [6, 6.07) is 13.8. The first-order valence-corrected chi connectivity index (χ1v) is 10.9. The van der Waals surface area contributed by atoms with Crippen LogP contribution < -0.4 is 9.67 Å². The van der Waals surface area contributed by atoms with Gasteiger partial charge >= 0.3 is 0 Å². The number of halogens is 1. The van der Waals surface area contributed by atoms with E-state index in [1.807, 2.05) is 66.6 Å². The second-order valence-electron chi connectivity index (χ2n) is 7.60. The lowest BCUT2D eigenvalue weighted by Crippen LogP contribution is -2.36. The van der Waals surface area contributed by atoms with Gasteiger partial charge < -0.3 is 10.0 Å². The summed E-state index contributed by atoms with van der Waals surface area (Å²) in [7, 11) is 0. The first-order chi connectivity index (χ1) is 15.0. The van der Waals surface area contributed by atoms with Gasteiger partial charge in [-0.1, -0.05) is 63.7 Å². The van der Waals surface area contributed by atoms with Gasteiger partial charge in [-0.05, 0) is 30.2 Å². The first kappa shape index (κ1) is 21.1. The maximum atomic E-state index is 13.3. The fourth-order valence-corrected chi connectivity index (χ4v) is 4.28. The number of hydrogen-bond donors (Lipinski definition) is 1. The number of rotatable bonds is 6. The van der Waals surface area contributed by atoms with Crippen LogP contribution in [0.15, 0.2) is 77.3 Å². The van der Waals surface area contributed by atoms with E-state index in [1.165, 1.54) is 4.90 Å². The molecule has 1 fully saturated rings. The molecule has 0 aliphatic carbocycles. The van der Waals surface area contributed by atoms with Crippen LogP contribution in [0.3, 0.4) is 0 Å². The number of nitrogens with zero attached hydrogens (tertiary/aromatic N) is 2. The van der Waals surface area contributed by atoms with E-state index in [0.717, 1.165) is 15.6 Å². The molecule has 1 aromatic heterocycles. The van der Waals surface area contributed by atoms with Crippen LogP contribution in [0.1, 0.15) is 29.2 Å². The molecule has 2 heterocycles. The first-order valence-electron chi connectivity index (χ1n) is 10.1. The molecule has 1 N–H and O–H groups in total. The number of carbonyl (C=O) groups excluding carboxylic acids is 2. The Balaban J connectivity index is 1.73. The van der Waals surface area contributed by atoms with Crippen molar-refractivity contribution >= 4 is 33.4 Å². The molecule has 0 saturated carbocycles. The summed E-state index contributed by atoms with van der Waals surface area (Å²) in [6.07, 6.45) is 6.21. The lowest BCUT2D eigenvalue weighted by atomic mass is 9.95. The van der Waals surface area contributed by atoms with Crippen molar-refractivity contribution in [1.82, 2.24) is 9.88 Å². The van der Waals surface area contributed by atoms with Gasteiger partial charge in [0.2, 0.25) is 12.1 Å². The second kappa shape index (κ2) is 8.89. The number of nitrogens with one attached hydrogen (secondary N) is 1.